The fourth-order valence-corrected chi connectivity index (χ4v) is 3.39. The molecule has 0 atom stereocenters. The summed E-state index contributed by atoms with van der Waals surface area (Å²) < 4.78 is 10.9. The Hall–Kier alpha value is -1.06. The molecule has 0 aliphatic heterocycles. The van der Waals surface area contributed by atoms with Crippen LogP contribution in [0.25, 0.3) is 0 Å². The third-order valence-corrected chi connectivity index (χ3v) is 6.17. The number of rotatable bonds is 7. The smallest absolute Gasteiger partial charge is 0.344 e. The standard InChI is InChI=1S/C19H34O4/c1-7-18(5,8-2)17(3,4)16(21)22-14-15(20)23-19(6)12-10-9-11-13-19/h7-14H2,1-6H3. The number of carbonyl (C=O) groups excluding carboxylic acids is 2. The normalized spacial score (nSPS) is 18.3. The molecule has 0 N–H and O–H groups in total. The van der Waals surface area contributed by atoms with Gasteiger partial charge in [-0.05, 0) is 64.7 Å². The first-order chi connectivity index (χ1) is 10.6. The molecule has 4 heteroatoms. The van der Waals surface area contributed by atoms with Crippen LogP contribution in [-0.2, 0) is 19.1 Å². The molecule has 0 aromatic rings. The maximum absolute atomic E-state index is 12.5. The largest absolute Gasteiger partial charge is 0.457 e. The average Bonchev–Trinajstić information content (AvgIpc) is 2.51. The zero-order chi connectivity index (χ0) is 17.7. The summed E-state index contributed by atoms with van der Waals surface area (Å²) in [6, 6.07) is 0. The van der Waals surface area contributed by atoms with Gasteiger partial charge in [0, 0.05) is 0 Å². The summed E-state index contributed by atoms with van der Waals surface area (Å²) in [7, 11) is 0. The van der Waals surface area contributed by atoms with Gasteiger partial charge in [-0.2, -0.15) is 0 Å². The first kappa shape index (κ1) is 20.0. The van der Waals surface area contributed by atoms with E-state index in [0.29, 0.717) is 0 Å². The molecule has 0 amide bonds. The van der Waals surface area contributed by atoms with E-state index in [4.69, 9.17) is 9.47 Å². The van der Waals surface area contributed by atoms with Crippen molar-refractivity contribution in [3.8, 4) is 0 Å². The Morgan fingerprint density at radius 1 is 1.00 bits per heavy atom. The second-order valence-electron chi connectivity index (χ2n) is 7.95. The van der Waals surface area contributed by atoms with E-state index in [1.165, 1.54) is 6.42 Å². The Morgan fingerprint density at radius 2 is 1.52 bits per heavy atom. The molecule has 0 unspecified atom stereocenters. The summed E-state index contributed by atoms with van der Waals surface area (Å²) in [5, 5.41) is 0. The minimum atomic E-state index is -0.633. The van der Waals surface area contributed by atoms with Crippen molar-refractivity contribution in [2.24, 2.45) is 10.8 Å². The Balaban J connectivity index is 2.56. The van der Waals surface area contributed by atoms with Crippen molar-refractivity contribution in [3.63, 3.8) is 0 Å². The van der Waals surface area contributed by atoms with Crippen molar-refractivity contribution in [1.82, 2.24) is 0 Å². The SMILES string of the molecule is CCC(C)(CC)C(C)(C)C(=O)OCC(=O)OC1(C)CCCCC1. The molecule has 1 aliphatic rings. The maximum atomic E-state index is 12.5. The number of esters is 2. The lowest BCUT2D eigenvalue weighted by Crippen LogP contribution is -2.43. The first-order valence-electron chi connectivity index (χ1n) is 8.99. The van der Waals surface area contributed by atoms with E-state index in [9.17, 15) is 9.59 Å². The molecule has 0 aromatic carbocycles. The zero-order valence-corrected chi connectivity index (χ0v) is 15.8. The third-order valence-electron chi connectivity index (χ3n) is 6.17. The second kappa shape index (κ2) is 7.67. The van der Waals surface area contributed by atoms with Gasteiger partial charge in [-0.1, -0.05) is 27.2 Å². The van der Waals surface area contributed by atoms with Crippen molar-refractivity contribution in [2.75, 3.05) is 6.61 Å². The summed E-state index contributed by atoms with van der Waals surface area (Å²) in [5.74, 6) is -0.761. The topological polar surface area (TPSA) is 52.6 Å². The Morgan fingerprint density at radius 3 is 2.00 bits per heavy atom. The van der Waals surface area contributed by atoms with Gasteiger partial charge in [0.1, 0.15) is 5.60 Å². The van der Waals surface area contributed by atoms with Gasteiger partial charge >= 0.3 is 11.9 Å². The van der Waals surface area contributed by atoms with Gasteiger partial charge in [-0.25, -0.2) is 4.79 Å². The van der Waals surface area contributed by atoms with Crippen LogP contribution in [-0.4, -0.2) is 24.1 Å². The van der Waals surface area contributed by atoms with Crippen LogP contribution in [0.2, 0.25) is 0 Å². The van der Waals surface area contributed by atoms with Gasteiger partial charge in [-0.15, -0.1) is 0 Å². The molecule has 0 spiro atoms. The molecular formula is C19H34O4. The minimum absolute atomic E-state index is 0.149. The molecule has 1 aliphatic carbocycles. The number of ether oxygens (including phenoxy) is 2. The highest BCUT2D eigenvalue weighted by Gasteiger charge is 2.45. The molecule has 0 saturated heterocycles. The van der Waals surface area contributed by atoms with Crippen molar-refractivity contribution >= 4 is 11.9 Å². The van der Waals surface area contributed by atoms with E-state index in [2.05, 4.69) is 20.8 Å². The van der Waals surface area contributed by atoms with Crippen molar-refractivity contribution in [2.45, 2.75) is 92.1 Å². The summed E-state index contributed by atoms with van der Waals surface area (Å²) in [4.78, 5) is 24.5. The zero-order valence-electron chi connectivity index (χ0n) is 15.8. The van der Waals surface area contributed by atoms with Gasteiger partial charge in [0.05, 0.1) is 5.41 Å². The van der Waals surface area contributed by atoms with Crippen molar-refractivity contribution in [3.05, 3.63) is 0 Å². The van der Waals surface area contributed by atoms with E-state index in [-0.39, 0.29) is 18.0 Å². The molecule has 1 rings (SSSR count). The lowest BCUT2D eigenvalue weighted by atomic mass is 9.63. The van der Waals surface area contributed by atoms with E-state index in [1.54, 1.807) is 0 Å². The van der Waals surface area contributed by atoms with Crippen LogP contribution in [0.3, 0.4) is 0 Å². The molecule has 0 aromatic heterocycles. The third kappa shape index (κ3) is 4.71. The Bertz CT molecular complexity index is 415. The summed E-state index contributed by atoms with van der Waals surface area (Å²) in [6.45, 7) is 11.7. The van der Waals surface area contributed by atoms with E-state index in [0.717, 1.165) is 38.5 Å². The van der Waals surface area contributed by atoms with Gasteiger partial charge < -0.3 is 9.47 Å². The number of carbonyl (C=O) groups is 2. The Labute approximate surface area is 141 Å². The van der Waals surface area contributed by atoms with Crippen LogP contribution >= 0.6 is 0 Å². The summed E-state index contributed by atoms with van der Waals surface area (Å²) in [6.07, 6.45) is 6.92. The van der Waals surface area contributed by atoms with Crippen LogP contribution in [0.5, 0.6) is 0 Å². The monoisotopic (exact) mass is 326 g/mol. The number of hydrogen-bond acceptors (Lipinski definition) is 4. The van der Waals surface area contributed by atoms with Crippen molar-refractivity contribution < 1.29 is 19.1 Å². The average molecular weight is 326 g/mol. The minimum Gasteiger partial charge on any atom is -0.457 e. The molecule has 0 heterocycles. The fourth-order valence-electron chi connectivity index (χ4n) is 3.39. The maximum Gasteiger partial charge on any atom is 0.344 e. The Kier molecular flexibility index (Phi) is 6.67. The van der Waals surface area contributed by atoms with Gasteiger partial charge in [-0.3, -0.25) is 4.79 Å². The molecule has 1 saturated carbocycles. The van der Waals surface area contributed by atoms with E-state index < -0.39 is 17.0 Å². The van der Waals surface area contributed by atoms with Crippen LogP contribution in [0.1, 0.15) is 86.5 Å². The van der Waals surface area contributed by atoms with E-state index >= 15 is 0 Å². The fraction of sp³-hybridized carbons (Fsp3) is 0.895. The molecule has 1 fully saturated rings. The first-order valence-corrected chi connectivity index (χ1v) is 8.99. The van der Waals surface area contributed by atoms with Crippen LogP contribution < -0.4 is 0 Å². The highest BCUT2D eigenvalue weighted by Crippen LogP contribution is 2.45. The second-order valence-corrected chi connectivity index (χ2v) is 7.95. The lowest BCUT2D eigenvalue weighted by molar-refractivity contribution is -0.178. The van der Waals surface area contributed by atoms with Gasteiger partial charge in [0.2, 0.25) is 0 Å². The van der Waals surface area contributed by atoms with Crippen molar-refractivity contribution in [1.29, 1.82) is 0 Å². The molecule has 4 nitrogen and oxygen atoms in total. The molecule has 0 radical (unpaired) electrons. The molecule has 134 valence electrons. The van der Waals surface area contributed by atoms with Gasteiger partial charge in [0.25, 0.3) is 0 Å². The number of hydrogen-bond donors (Lipinski definition) is 0. The summed E-state index contributed by atoms with van der Waals surface area (Å²) in [5.41, 5.74) is -1.17. The predicted octanol–water partition coefficient (Wildman–Crippen LogP) is 4.65. The van der Waals surface area contributed by atoms with Crippen LogP contribution in [0, 0.1) is 10.8 Å². The van der Waals surface area contributed by atoms with E-state index in [1.807, 2.05) is 20.8 Å². The molecule has 0 bridgehead atoms. The molecular weight excluding hydrogens is 292 g/mol. The summed E-state index contributed by atoms with van der Waals surface area (Å²) >= 11 is 0. The highest BCUT2D eigenvalue weighted by atomic mass is 16.6. The van der Waals surface area contributed by atoms with Crippen LogP contribution in [0.15, 0.2) is 0 Å². The van der Waals surface area contributed by atoms with Gasteiger partial charge in [0.15, 0.2) is 6.61 Å². The van der Waals surface area contributed by atoms with Crippen LogP contribution in [0.4, 0.5) is 0 Å². The molecule has 23 heavy (non-hydrogen) atoms. The predicted molar refractivity (Wildman–Crippen MR) is 91.0 cm³/mol. The lowest BCUT2D eigenvalue weighted by Gasteiger charge is -2.41. The highest BCUT2D eigenvalue weighted by molar-refractivity contribution is 5.80. The quantitative estimate of drug-likeness (QED) is 0.639.